The molecule has 2 heterocycles. The first kappa shape index (κ1) is 16.9. The van der Waals surface area contributed by atoms with Crippen LogP contribution in [0, 0.1) is 5.92 Å². The Bertz CT molecular complexity index is 1050. The summed E-state index contributed by atoms with van der Waals surface area (Å²) in [5, 5.41) is 10.4. The number of para-hydroxylation sites is 1. The lowest BCUT2D eigenvalue weighted by Gasteiger charge is -2.10. The van der Waals surface area contributed by atoms with Gasteiger partial charge >= 0.3 is 0 Å². The minimum atomic E-state index is 0.470. The maximum atomic E-state index is 6.39. The van der Waals surface area contributed by atoms with Crippen LogP contribution in [0.15, 0.2) is 59.0 Å². The molecule has 26 heavy (non-hydrogen) atoms. The number of halogens is 1. The fraction of sp³-hybridized carbons (Fsp3) is 0.238. The average molecular weight is 366 g/mol. The highest BCUT2D eigenvalue weighted by molar-refractivity contribution is 6.31. The number of nitrogens with zero attached hydrogens (tertiary/aromatic N) is 3. The first-order chi connectivity index (χ1) is 12.6. The van der Waals surface area contributed by atoms with E-state index in [9.17, 15) is 0 Å². The van der Waals surface area contributed by atoms with Gasteiger partial charge in [-0.25, -0.2) is 0 Å². The topological polar surface area (TPSA) is 43.9 Å². The normalized spacial score (nSPS) is 11.5. The van der Waals surface area contributed by atoms with Gasteiger partial charge in [-0.15, -0.1) is 10.2 Å². The summed E-state index contributed by atoms with van der Waals surface area (Å²) in [6, 6.07) is 18.2. The van der Waals surface area contributed by atoms with Crippen molar-refractivity contribution in [2.24, 2.45) is 5.92 Å². The van der Waals surface area contributed by atoms with E-state index in [1.54, 1.807) is 0 Å². The zero-order chi connectivity index (χ0) is 18.1. The second-order valence-electron chi connectivity index (χ2n) is 6.86. The van der Waals surface area contributed by atoms with E-state index in [0.717, 1.165) is 33.6 Å². The molecule has 4 nitrogen and oxygen atoms in total. The molecule has 4 aromatic rings. The molecule has 0 aliphatic rings. The molecule has 0 N–H and O–H groups in total. The van der Waals surface area contributed by atoms with E-state index in [1.807, 2.05) is 36.4 Å². The van der Waals surface area contributed by atoms with Crippen LogP contribution in [0.1, 0.15) is 25.3 Å². The predicted molar refractivity (Wildman–Crippen MR) is 104 cm³/mol. The molecule has 0 spiro atoms. The summed E-state index contributed by atoms with van der Waals surface area (Å²) in [5.41, 5.74) is 3.08. The van der Waals surface area contributed by atoms with Crippen LogP contribution in [-0.4, -0.2) is 14.8 Å². The molecule has 0 amide bonds. The maximum absolute atomic E-state index is 6.39. The second kappa shape index (κ2) is 6.96. The van der Waals surface area contributed by atoms with E-state index in [1.165, 1.54) is 0 Å². The maximum Gasteiger partial charge on any atom is 0.264 e. The molecule has 0 radical (unpaired) electrons. The summed E-state index contributed by atoms with van der Waals surface area (Å²) >= 11 is 6.39. The van der Waals surface area contributed by atoms with Crippen molar-refractivity contribution in [2.45, 2.75) is 26.8 Å². The lowest BCUT2D eigenvalue weighted by atomic mass is 10.1. The Morgan fingerprint density at radius 1 is 1.04 bits per heavy atom. The van der Waals surface area contributed by atoms with Gasteiger partial charge in [0.1, 0.15) is 5.69 Å². The number of rotatable bonds is 5. The number of fused-ring (bicyclic) bond motifs is 1. The predicted octanol–water partition coefficient (Wildman–Crippen LogP) is 5.59. The monoisotopic (exact) mass is 365 g/mol. The Morgan fingerprint density at radius 2 is 1.81 bits per heavy atom. The van der Waals surface area contributed by atoms with Gasteiger partial charge in [0.25, 0.3) is 5.89 Å². The van der Waals surface area contributed by atoms with Crippen LogP contribution in [0.25, 0.3) is 22.5 Å². The van der Waals surface area contributed by atoms with Crippen molar-refractivity contribution in [1.82, 2.24) is 14.8 Å². The van der Waals surface area contributed by atoms with E-state index in [4.69, 9.17) is 16.0 Å². The minimum Gasteiger partial charge on any atom is -0.419 e. The zero-order valence-corrected chi connectivity index (χ0v) is 15.6. The van der Waals surface area contributed by atoms with Crippen molar-refractivity contribution in [1.29, 1.82) is 0 Å². The van der Waals surface area contributed by atoms with Crippen molar-refractivity contribution in [3.8, 4) is 11.6 Å². The summed E-state index contributed by atoms with van der Waals surface area (Å²) in [6.45, 7) is 4.92. The molecule has 5 heteroatoms. The average Bonchev–Trinajstić information content (AvgIpc) is 3.21. The number of benzene rings is 2. The van der Waals surface area contributed by atoms with E-state index in [-0.39, 0.29) is 0 Å². The molecule has 132 valence electrons. The van der Waals surface area contributed by atoms with Gasteiger partial charge in [-0.2, -0.15) is 0 Å². The van der Waals surface area contributed by atoms with E-state index < -0.39 is 0 Å². The van der Waals surface area contributed by atoms with Crippen molar-refractivity contribution >= 4 is 22.5 Å². The Morgan fingerprint density at radius 3 is 2.62 bits per heavy atom. The fourth-order valence-corrected chi connectivity index (χ4v) is 3.34. The number of aromatic nitrogens is 3. The van der Waals surface area contributed by atoms with Crippen LogP contribution in [0.5, 0.6) is 0 Å². The Labute approximate surface area is 157 Å². The smallest absolute Gasteiger partial charge is 0.264 e. The van der Waals surface area contributed by atoms with Crippen LogP contribution in [0.2, 0.25) is 5.02 Å². The Hall–Kier alpha value is -2.59. The Kier molecular flexibility index (Phi) is 4.51. The first-order valence-corrected chi connectivity index (χ1v) is 9.14. The van der Waals surface area contributed by atoms with Crippen LogP contribution in [0.4, 0.5) is 0 Å². The molecule has 0 saturated heterocycles. The summed E-state index contributed by atoms with van der Waals surface area (Å²) < 4.78 is 8.13. The largest absolute Gasteiger partial charge is 0.419 e. The third-order valence-corrected chi connectivity index (χ3v) is 4.73. The molecule has 0 atom stereocenters. The summed E-state index contributed by atoms with van der Waals surface area (Å²) in [6.07, 6.45) is 0.776. The van der Waals surface area contributed by atoms with Gasteiger partial charge in [0.2, 0.25) is 5.89 Å². The van der Waals surface area contributed by atoms with Gasteiger partial charge in [-0.3, -0.25) is 0 Å². The fourth-order valence-electron chi connectivity index (χ4n) is 3.14. The molecule has 0 fully saturated rings. The molecule has 0 unspecified atom stereocenters. The number of hydrogen-bond donors (Lipinski definition) is 0. The highest BCUT2D eigenvalue weighted by Crippen LogP contribution is 2.30. The van der Waals surface area contributed by atoms with Gasteiger partial charge < -0.3 is 8.98 Å². The molecule has 0 bridgehead atoms. The van der Waals surface area contributed by atoms with Crippen LogP contribution < -0.4 is 0 Å². The molecule has 4 rings (SSSR count). The van der Waals surface area contributed by atoms with Gasteiger partial charge in [0.15, 0.2) is 0 Å². The summed E-state index contributed by atoms with van der Waals surface area (Å²) in [4.78, 5) is 0. The van der Waals surface area contributed by atoms with E-state index >= 15 is 0 Å². The quantitative estimate of drug-likeness (QED) is 0.463. The number of hydrogen-bond acceptors (Lipinski definition) is 3. The standard InChI is InChI=1S/C21H20ClN3O/c1-14(2)11-20-23-24-21(26-20)19-12-15-7-4-6-10-18(15)25(19)13-16-8-3-5-9-17(16)22/h3-10,12,14H,11,13H2,1-2H3. The van der Waals surface area contributed by atoms with Crippen LogP contribution >= 0.6 is 11.6 Å². The molecule has 2 aromatic heterocycles. The summed E-state index contributed by atoms with van der Waals surface area (Å²) in [5.74, 6) is 1.69. The highest BCUT2D eigenvalue weighted by Gasteiger charge is 2.17. The highest BCUT2D eigenvalue weighted by atomic mass is 35.5. The molecule has 2 aromatic carbocycles. The van der Waals surface area contributed by atoms with Gasteiger partial charge in [0.05, 0.1) is 0 Å². The Balaban J connectivity index is 1.81. The van der Waals surface area contributed by atoms with Gasteiger partial charge in [0, 0.05) is 28.9 Å². The second-order valence-corrected chi connectivity index (χ2v) is 7.27. The molecular weight excluding hydrogens is 346 g/mol. The molecule has 0 aliphatic heterocycles. The van der Waals surface area contributed by atoms with E-state index in [2.05, 4.69) is 46.8 Å². The first-order valence-electron chi connectivity index (χ1n) is 8.76. The van der Waals surface area contributed by atoms with Gasteiger partial charge in [-0.05, 0) is 29.7 Å². The molecule has 0 saturated carbocycles. The third kappa shape index (κ3) is 3.25. The van der Waals surface area contributed by atoms with E-state index in [0.29, 0.717) is 24.2 Å². The van der Waals surface area contributed by atoms with Crippen molar-refractivity contribution < 1.29 is 4.42 Å². The van der Waals surface area contributed by atoms with Crippen molar-refractivity contribution in [3.05, 3.63) is 71.1 Å². The lowest BCUT2D eigenvalue weighted by Crippen LogP contribution is -2.02. The lowest BCUT2D eigenvalue weighted by molar-refractivity contribution is 0.464. The zero-order valence-electron chi connectivity index (χ0n) is 14.8. The van der Waals surface area contributed by atoms with Crippen molar-refractivity contribution in [2.75, 3.05) is 0 Å². The van der Waals surface area contributed by atoms with Crippen molar-refractivity contribution in [3.63, 3.8) is 0 Å². The SMILES string of the molecule is CC(C)Cc1nnc(-c2cc3ccccc3n2Cc2ccccc2Cl)o1. The minimum absolute atomic E-state index is 0.470. The third-order valence-electron chi connectivity index (χ3n) is 4.37. The van der Waals surface area contributed by atoms with Crippen LogP contribution in [-0.2, 0) is 13.0 Å². The molecule has 0 aliphatic carbocycles. The summed E-state index contributed by atoms with van der Waals surface area (Å²) in [7, 11) is 0. The molecular formula is C21H20ClN3O. The van der Waals surface area contributed by atoms with Gasteiger partial charge in [-0.1, -0.05) is 61.8 Å². The van der Waals surface area contributed by atoms with Crippen LogP contribution in [0.3, 0.4) is 0 Å².